The van der Waals surface area contributed by atoms with Crippen LogP contribution < -0.4 is 10.5 Å². The van der Waals surface area contributed by atoms with Gasteiger partial charge in [-0.2, -0.15) is 0 Å². The number of benzene rings is 1. The predicted molar refractivity (Wildman–Crippen MR) is 72.8 cm³/mol. The van der Waals surface area contributed by atoms with Crippen LogP contribution in [0.25, 0.3) is 0 Å². The zero-order valence-electron chi connectivity index (χ0n) is 11.0. The van der Waals surface area contributed by atoms with E-state index in [-0.39, 0.29) is 0 Å². The Balaban J connectivity index is 1.65. The third-order valence-corrected chi connectivity index (χ3v) is 3.42. The van der Waals surface area contributed by atoms with Crippen molar-refractivity contribution in [3.05, 3.63) is 24.3 Å². The highest BCUT2D eigenvalue weighted by molar-refractivity contribution is 5.41. The second-order valence-electron chi connectivity index (χ2n) is 4.69. The number of nitrogen functional groups attached to an aromatic ring is 1. The number of nitrogens with two attached hydrogens (primary N) is 1. The maximum atomic E-state index is 5.69. The van der Waals surface area contributed by atoms with Crippen molar-refractivity contribution in [2.24, 2.45) is 0 Å². The third kappa shape index (κ3) is 3.89. The van der Waals surface area contributed by atoms with E-state index < -0.39 is 0 Å². The topological polar surface area (TPSA) is 47.7 Å². The summed E-state index contributed by atoms with van der Waals surface area (Å²) < 4.78 is 11.0. The van der Waals surface area contributed by atoms with E-state index in [9.17, 15) is 0 Å². The van der Waals surface area contributed by atoms with Crippen molar-refractivity contribution in [1.29, 1.82) is 0 Å². The third-order valence-electron chi connectivity index (χ3n) is 3.42. The van der Waals surface area contributed by atoms with E-state index in [1.807, 2.05) is 24.3 Å². The fourth-order valence-corrected chi connectivity index (χ4v) is 2.23. The Bertz CT molecular complexity index is 345. The van der Waals surface area contributed by atoms with Gasteiger partial charge in [-0.25, -0.2) is 0 Å². The van der Waals surface area contributed by atoms with E-state index in [0.717, 1.165) is 50.5 Å². The number of piperidine rings is 1. The highest BCUT2D eigenvalue weighted by Gasteiger charge is 2.17. The lowest BCUT2D eigenvalue weighted by molar-refractivity contribution is 0.0375. The van der Waals surface area contributed by atoms with Crippen molar-refractivity contribution < 1.29 is 9.47 Å². The molecule has 0 saturated carbocycles. The fourth-order valence-electron chi connectivity index (χ4n) is 2.23. The van der Waals surface area contributed by atoms with Gasteiger partial charge in [0.2, 0.25) is 0 Å². The monoisotopic (exact) mass is 250 g/mol. The SMILES string of the molecule is COC1CCN(CCOc2ccc(N)cc2)CC1. The molecule has 2 N–H and O–H groups in total. The average molecular weight is 250 g/mol. The molecular weight excluding hydrogens is 228 g/mol. The van der Waals surface area contributed by atoms with Gasteiger partial charge in [0.15, 0.2) is 0 Å². The molecule has 100 valence electrons. The highest BCUT2D eigenvalue weighted by atomic mass is 16.5. The van der Waals surface area contributed by atoms with Crippen LogP contribution in [-0.4, -0.2) is 44.4 Å². The van der Waals surface area contributed by atoms with Crippen LogP contribution in [-0.2, 0) is 4.74 Å². The Hall–Kier alpha value is -1.26. The number of anilines is 1. The molecule has 0 unspecified atom stereocenters. The summed E-state index contributed by atoms with van der Waals surface area (Å²) in [6, 6.07) is 7.54. The van der Waals surface area contributed by atoms with Gasteiger partial charge >= 0.3 is 0 Å². The molecule has 1 aromatic carbocycles. The van der Waals surface area contributed by atoms with Gasteiger partial charge in [-0.05, 0) is 37.1 Å². The van der Waals surface area contributed by atoms with Gasteiger partial charge in [0.1, 0.15) is 12.4 Å². The van der Waals surface area contributed by atoms with E-state index in [1.54, 1.807) is 7.11 Å². The number of hydrogen-bond donors (Lipinski definition) is 1. The van der Waals surface area contributed by atoms with Crippen LogP contribution in [0.15, 0.2) is 24.3 Å². The van der Waals surface area contributed by atoms with Crippen molar-refractivity contribution >= 4 is 5.69 Å². The van der Waals surface area contributed by atoms with Crippen LogP contribution in [0.4, 0.5) is 5.69 Å². The molecule has 4 nitrogen and oxygen atoms in total. The van der Waals surface area contributed by atoms with Crippen LogP contribution in [0, 0.1) is 0 Å². The van der Waals surface area contributed by atoms with Crippen molar-refractivity contribution in [2.45, 2.75) is 18.9 Å². The molecular formula is C14H22N2O2. The Kier molecular flexibility index (Phi) is 4.84. The van der Waals surface area contributed by atoms with Gasteiger partial charge in [0, 0.05) is 32.4 Å². The number of ether oxygens (including phenoxy) is 2. The second kappa shape index (κ2) is 6.61. The first-order chi connectivity index (χ1) is 8.78. The molecule has 18 heavy (non-hydrogen) atoms. The summed E-state index contributed by atoms with van der Waals surface area (Å²) in [5.74, 6) is 0.885. The lowest BCUT2D eigenvalue weighted by Gasteiger charge is -2.30. The van der Waals surface area contributed by atoms with Crippen LogP contribution in [0.1, 0.15) is 12.8 Å². The summed E-state index contributed by atoms with van der Waals surface area (Å²) in [6.45, 7) is 3.90. The van der Waals surface area contributed by atoms with E-state index >= 15 is 0 Å². The molecule has 1 aliphatic heterocycles. The molecule has 1 aromatic rings. The molecule has 0 radical (unpaired) electrons. The van der Waals surface area contributed by atoms with Gasteiger partial charge in [-0.3, -0.25) is 4.90 Å². The van der Waals surface area contributed by atoms with Crippen molar-refractivity contribution in [3.8, 4) is 5.75 Å². The van der Waals surface area contributed by atoms with Gasteiger partial charge in [-0.1, -0.05) is 0 Å². The minimum absolute atomic E-state index is 0.444. The highest BCUT2D eigenvalue weighted by Crippen LogP contribution is 2.14. The fraction of sp³-hybridized carbons (Fsp3) is 0.571. The smallest absolute Gasteiger partial charge is 0.119 e. The van der Waals surface area contributed by atoms with Gasteiger partial charge in [-0.15, -0.1) is 0 Å². The number of hydrogen-bond acceptors (Lipinski definition) is 4. The molecule has 1 heterocycles. The summed E-state index contributed by atoms with van der Waals surface area (Å²) in [5, 5.41) is 0. The van der Waals surface area contributed by atoms with E-state index in [1.165, 1.54) is 0 Å². The number of nitrogens with zero attached hydrogens (tertiary/aromatic N) is 1. The summed E-state index contributed by atoms with van der Waals surface area (Å²) in [5.41, 5.74) is 6.39. The molecule has 0 aromatic heterocycles. The van der Waals surface area contributed by atoms with Crippen molar-refractivity contribution in [3.63, 3.8) is 0 Å². The molecule has 0 atom stereocenters. The summed E-state index contributed by atoms with van der Waals surface area (Å²) >= 11 is 0. The Morgan fingerprint density at radius 2 is 1.89 bits per heavy atom. The lowest BCUT2D eigenvalue weighted by Crippen LogP contribution is -2.38. The van der Waals surface area contributed by atoms with Crippen LogP contribution >= 0.6 is 0 Å². The molecule has 1 saturated heterocycles. The van der Waals surface area contributed by atoms with Gasteiger partial charge in [0.05, 0.1) is 6.10 Å². The average Bonchev–Trinajstić information content (AvgIpc) is 2.42. The first kappa shape index (κ1) is 13.2. The maximum absolute atomic E-state index is 5.69. The largest absolute Gasteiger partial charge is 0.492 e. The summed E-state index contributed by atoms with van der Waals surface area (Å²) in [7, 11) is 1.80. The van der Waals surface area contributed by atoms with Gasteiger partial charge in [0.25, 0.3) is 0 Å². The summed E-state index contributed by atoms with van der Waals surface area (Å²) in [6.07, 6.45) is 2.69. The van der Waals surface area contributed by atoms with E-state index in [0.29, 0.717) is 6.10 Å². The first-order valence-corrected chi connectivity index (χ1v) is 6.51. The predicted octanol–water partition coefficient (Wildman–Crippen LogP) is 1.76. The van der Waals surface area contributed by atoms with Crippen molar-refractivity contribution in [1.82, 2.24) is 4.90 Å². The molecule has 1 fully saturated rings. The molecule has 0 spiro atoms. The van der Waals surface area contributed by atoms with Crippen LogP contribution in [0.5, 0.6) is 5.75 Å². The Morgan fingerprint density at radius 1 is 1.22 bits per heavy atom. The first-order valence-electron chi connectivity index (χ1n) is 6.51. The Labute approximate surface area is 109 Å². The van der Waals surface area contributed by atoms with E-state index in [4.69, 9.17) is 15.2 Å². The normalized spacial score (nSPS) is 17.8. The maximum Gasteiger partial charge on any atom is 0.119 e. The summed E-state index contributed by atoms with van der Waals surface area (Å²) in [4.78, 5) is 2.42. The molecule has 1 aliphatic rings. The minimum Gasteiger partial charge on any atom is -0.492 e. The zero-order valence-corrected chi connectivity index (χ0v) is 11.0. The zero-order chi connectivity index (χ0) is 12.8. The van der Waals surface area contributed by atoms with Crippen LogP contribution in [0.2, 0.25) is 0 Å². The van der Waals surface area contributed by atoms with Crippen LogP contribution in [0.3, 0.4) is 0 Å². The lowest BCUT2D eigenvalue weighted by atomic mass is 10.1. The number of likely N-dealkylation sites (tertiary alicyclic amines) is 1. The number of methoxy groups -OCH3 is 1. The van der Waals surface area contributed by atoms with E-state index in [2.05, 4.69) is 4.90 Å². The second-order valence-corrected chi connectivity index (χ2v) is 4.69. The molecule has 4 heteroatoms. The number of rotatable bonds is 5. The standard InChI is InChI=1S/C14H22N2O2/c1-17-13-6-8-16(9-7-13)10-11-18-14-4-2-12(15)3-5-14/h2-5,13H,6-11,15H2,1H3. The molecule has 0 bridgehead atoms. The van der Waals surface area contributed by atoms with Gasteiger partial charge < -0.3 is 15.2 Å². The minimum atomic E-state index is 0.444. The van der Waals surface area contributed by atoms with Crippen molar-refractivity contribution in [2.75, 3.05) is 39.1 Å². The molecule has 0 amide bonds. The quantitative estimate of drug-likeness (QED) is 0.809. The molecule has 2 rings (SSSR count). The molecule has 0 aliphatic carbocycles. The Morgan fingerprint density at radius 3 is 2.50 bits per heavy atom.